The number of hydrogen-bond donors (Lipinski definition) is 0. The summed E-state index contributed by atoms with van der Waals surface area (Å²) in [5.41, 5.74) is 2.77. The summed E-state index contributed by atoms with van der Waals surface area (Å²) in [5, 5.41) is 0.314. The summed E-state index contributed by atoms with van der Waals surface area (Å²) < 4.78 is 6.08. The second-order valence-corrected chi connectivity index (χ2v) is 6.27. The van der Waals surface area contributed by atoms with Gasteiger partial charge in [0.2, 0.25) is 0 Å². The normalized spacial score (nSPS) is 11.1. The minimum Gasteiger partial charge on any atom is -0.426 e. The van der Waals surface area contributed by atoms with Crippen LogP contribution in [0.25, 0.3) is 23.2 Å². The second-order valence-electron chi connectivity index (χ2n) is 5.00. The van der Waals surface area contributed by atoms with E-state index in [4.69, 9.17) is 16.3 Å². The van der Waals surface area contributed by atoms with Crippen molar-refractivity contribution in [3.05, 3.63) is 63.3 Å². The number of hydrogen-bond acceptors (Lipinski definition) is 4. The Morgan fingerprint density at radius 3 is 2.54 bits per heavy atom. The minimum atomic E-state index is -0.379. The Labute approximate surface area is 152 Å². The maximum atomic E-state index is 11.2. The average Bonchev–Trinajstić information content (AvgIpc) is 2.54. The zero-order valence-corrected chi connectivity index (χ0v) is 15.0. The van der Waals surface area contributed by atoms with Crippen LogP contribution in [0.15, 0.2) is 46.9 Å². The van der Waals surface area contributed by atoms with Crippen molar-refractivity contribution < 1.29 is 9.53 Å². The van der Waals surface area contributed by atoms with E-state index in [1.807, 2.05) is 30.3 Å². The zero-order chi connectivity index (χ0) is 17.1. The number of benzene rings is 2. The minimum absolute atomic E-state index is 0.314. The lowest BCUT2D eigenvalue weighted by Gasteiger charge is -2.06. The van der Waals surface area contributed by atoms with E-state index in [1.165, 1.54) is 6.92 Å². The molecule has 2 aromatic carbocycles. The summed E-state index contributed by atoms with van der Waals surface area (Å²) >= 11 is 9.61. The number of aromatic nitrogens is 2. The van der Waals surface area contributed by atoms with Crippen LogP contribution in [0, 0.1) is 0 Å². The molecule has 3 aromatic rings. The van der Waals surface area contributed by atoms with Gasteiger partial charge in [-0.05, 0) is 42.5 Å². The molecule has 0 atom stereocenters. The van der Waals surface area contributed by atoms with Crippen LogP contribution >= 0.6 is 27.5 Å². The summed E-state index contributed by atoms with van der Waals surface area (Å²) in [6.07, 6.45) is 3.53. The monoisotopic (exact) mass is 402 g/mol. The topological polar surface area (TPSA) is 52.1 Å². The van der Waals surface area contributed by atoms with Crippen molar-refractivity contribution in [2.75, 3.05) is 0 Å². The smallest absolute Gasteiger partial charge is 0.308 e. The molecule has 0 aliphatic rings. The predicted molar refractivity (Wildman–Crippen MR) is 98.9 cm³/mol. The number of ether oxygens (including phenoxy) is 1. The Morgan fingerprint density at radius 1 is 1.12 bits per heavy atom. The van der Waals surface area contributed by atoms with Crippen molar-refractivity contribution in [1.82, 2.24) is 9.97 Å². The van der Waals surface area contributed by atoms with Crippen LogP contribution in [-0.4, -0.2) is 15.9 Å². The number of carbonyl (C=O) groups is 1. The van der Waals surface area contributed by atoms with Gasteiger partial charge in [-0.3, -0.25) is 4.79 Å². The average molecular weight is 404 g/mol. The lowest BCUT2D eigenvalue weighted by atomic mass is 10.1. The van der Waals surface area contributed by atoms with Crippen LogP contribution in [-0.2, 0) is 4.79 Å². The van der Waals surface area contributed by atoms with Gasteiger partial charge in [0.25, 0.3) is 0 Å². The van der Waals surface area contributed by atoms with E-state index in [0.29, 0.717) is 16.6 Å². The highest BCUT2D eigenvalue weighted by Gasteiger charge is 2.07. The molecule has 0 bridgehead atoms. The number of para-hydroxylation sites is 2. The van der Waals surface area contributed by atoms with E-state index in [1.54, 1.807) is 24.3 Å². The van der Waals surface area contributed by atoms with Gasteiger partial charge in [0, 0.05) is 17.0 Å². The van der Waals surface area contributed by atoms with Gasteiger partial charge in [-0.1, -0.05) is 39.7 Å². The Bertz CT molecular complexity index is 957. The van der Waals surface area contributed by atoms with Crippen LogP contribution in [0.5, 0.6) is 5.75 Å². The molecule has 24 heavy (non-hydrogen) atoms. The maximum absolute atomic E-state index is 11.2. The Morgan fingerprint density at radius 2 is 1.83 bits per heavy atom. The van der Waals surface area contributed by atoms with Crippen molar-refractivity contribution in [2.24, 2.45) is 0 Å². The van der Waals surface area contributed by atoms with Gasteiger partial charge < -0.3 is 4.74 Å². The van der Waals surface area contributed by atoms with Crippen LogP contribution < -0.4 is 4.74 Å². The molecule has 0 radical (unpaired) electrons. The van der Waals surface area contributed by atoms with Crippen molar-refractivity contribution in [3.63, 3.8) is 0 Å². The van der Waals surface area contributed by atoms with E-state index in [0.717, 1.165) is 21.1 Å². The first-order valence-electron chi connectivity index (χ1n) is 7.11. The summed E-state index contributed by atoms with van der Waals surface area (Å²) in [4.78, 5) is 20.1. The lowest BCUT2D eigenvalue weighted by molar-refractivity contribution is -0.131. The van der Waals surface area contributed by atoms with E-state index >= 15 is 0 Å². The summed E-state index contributed by atoms with van der Waals surface area (Å²) in [6, 6.07) is 12.9. The standard InChI is InChI=1S/C18H12BrClN2O2/c1-11(23)24-17-9-7-13(19)10-12(17)6-8-16-18(20)22-15-5-3-2-4-14(15)21-16/h2-10H,1H3/b8-6-. The van der Waals surface area contributed by atoms with Crippen LogP contribution in [0.3, 0.4) is 0 Å². The molecule has 1 aromatic heterocycles. The van der Waals surface area contributed by atoms with Gasteiger partial charge in [0.15, 0.2) is 5.15 Å². The fraction of sp³-hybridized carbons (Fsp3) is 0.0556. The van der Waals surface area contributed by atoms with Gasteiger partial charge in [0.1, 0.15) is 11.4 Å². The zero-order valence-electron chi connectivity index (χ0n) is 12.7. The molecular formula is C18H12BrClN2O2. The molecule has 6 heteroatoms. The maximum Gasteiger partial charge on any atom is 0.308 e. The highest BCUT2D eigenvalue weighted by Crippen LogP contribution is 2.26. The van der Waals surface area contributed by atoms with Gasteiger partial charge in [-0.15, -0.1) is 0 Å². The van der Waals surface area contributed by atoms with Crippen LogP contribution in [0.4, 0.5) is 0 Å². The van der Waals surface area contributed by atoms with E-state index in [2.05, 4.69) is 25.9 Å². The molecule has 0 unspecified atom stereocenters. The Kier molecular flexibility index (Phi) is 4.92. The van der Waals surface area contributed by atoms with Crippen molar-refractivity contribution >= 4 is 56.7 Å². The summed E-state index contributed by atoms with van der Waals surface area (Å²) in [7, 11) is 0. The molecule has 0 saturated heterocycles. The lowest BCUT2D eigenvalue weighted by Crippen LogP contribution is -2.02. The molecule has 0 aliphatic heterocycles. The molecule has 3 rings (SSSR count). The molecule has 0 N–H and O–H groups in total. The van der Waals surface area contributed by atoms with E-state index in [9.17, 15) is 4.79 Å². The molecule has 120 valence electrons. The predicted octanol–water partition coefficient (Wildman–Crippen LogP) is 5.14. The Balaban J connectivity index is 2.00. The quantitative estimate of drug-likeness (QED) is 0.449. The first-order valence-corrected chi connectivity index (χ1v) is 8.28. The van der Waals surface area contributed by atoms with Gasteiger partial charge in [0.05, 0.1) is 11.0 Å². The first-order chi connectivity index (χ1) is 11.5. The van der Waals surface area contributed by atoms with Crippen LogP contribution in [0.1, 0.15) is 18.2 Å². The van der Waals surface area contributed by atoms with E-state index < -0.39 is 0 Å². The van der Waals surface area contributed by atoms with E-state index in [-0.39, 0.29) is 5.97 Å². The van der Waals surface area contributed by atoms with Gasteiger partial charge >= 0.3 is 5.97 Å². The molecular weight excluding hydrogens is 392 g/mol. The third kappa shape index (κ3) is 3.80. The third-order valence-corrected chi connectivity index (χ3v) is 3.97. The number of fused-ring (bicyclic) bond motifs is 1. The number of esters is 1. The molecule has 0 amide bonds. The highest BCUT2D eigenvalue weighted by atomic mass is 79.9. The van der Waals surface area contributed by atoms with Crippen LogP contribution in [0.2, 0.25) is 5.15 Å². The molecule has 4 nitrogen and oxygen atoms in total. The second kappa shape index (κ2) is 7.11. The highest BCUT2D eigenvalue weighted by molar-refractivity contribution is 9.10. The molecule has 1 heterocycles. The summed E-state index contributed by atoms with van der Waals surface area (Å²) in [5.74, 6) is 0.0855. The summed E-state index contributed by atoms with van der Waals surface area (Å²) in [6.45, 7) is 1.36. The van der Waals surface area contributed by atoms with Crippen molar-refractivity contribution in [1.29, 1.82) is 0 Å². The Hall–Kier alpha value is -2.24. The fourth-order valence-electron chi connectivity index (χ4n) is 2.16. The third-order valence-electron chi connectivity index (χ3n) is 3.20. The van der Waals surface area contributed by atoms with Gasteiger partial charge in [-0.25, -0.2) is 9.97 Å². The number of nitrogens with zero attached hydrogens (tertiary/aromatic N) is 2. The first kappa shape index (κ1) is 16.6. The number of carbonyl (C=O) groups excluding carboxylic acids is 1. The number of rotatable bonds is 3. The fourth-order valence-corrected chi connectivity index (χ4v) is 2.74. The molecule has 0 fully saturated rings. The molecule has 0 aliphatic carbocycles. The molecule has 0 spiro atoms. The van der Waals surface area contributed by atoms with Crippen molar-refractivity contribution in [3.8, 4) is 5.75 Å². The van der Waals surface area contributed by atoms with Gasteiger partial charge in [-0.2, -0.15) is 0 Å². The number of halogens is 2. The molecule has 0 saturated carbocycles. The largest absolute Gasteiger partial charge is 0.426 e. The van der Waals surface area contributed by atoms with Crippen molar-refractivity contribution in [2.45, 2.75) is 6.92 Å². The SMILES string of the molecule is CC(=O)Oc1ccc(Br)cc1/C=C\c1nc2ccccc2nc1Cl.